The van der Waals surface area contributed by atoms with Gasteiger partial charge in [0.2, 0.25) is 0 Å². The molecule has 0 aliphatic carbocycles. The first kappa shape index (κ1) is 22.0. The fourth-order valence-electron chi connectivity index (χ4n) is 3.48. The first-order valence-electron chi connectivity index (χ1n) is 9.91. The minimum absolute atomic E-state index is 0.0191. The molecule has 0 heterocycles. The van der Waals surface area contributed by atoms with E-state index >= 15 is 0 Å². The molecule has 3 rings (SSSR count). The molecule has 0 aliphatic heterocycles. The third-order valence-electron chi connectivity index (χ3n) is 5.05. The van der Waals surface area contributed by atoms with Crippen molar-refractivity contribution in [1.82, 2.24) is 4.90 Å². The van der Waals surface area contributed by atoms with Crippen molar-refractivity contribution in [2.24, 2.45) is 0 Å². The van der Waals surface area contributed by atoms with Crippen LogP contribution in [0.1, 0.15) is 34.2 Å². The third-order valence-corrected chi connectivity index (χ3v) is 5.41. The number of carbonyl (C=O) groups is 1. The Hall–Kier alpha value is -2.69. The van der Waals surface area contributed by atoms with Crippen molar-refractivity contribution >= 4 is 17.6 Å². The molecule has 0 spiro atoms. The van der Waals surface area contributed by atoms with E-state index in [2.05, 4.69) is 24.3 Å². The average Bonchev–Trinajstić information content (AvgIpc) is 2.73. The van der Waals surface area contributed by atoms with Crippen LogP contribution in [-0.4, -0.2) is 22.5 Å². The van der Waals surface area contributed by atoms with Crippen molar-refractivity contribution in [2.75, 3.05) is 6.54 Å². The van der Waals surface area contributed by atoms with Gasteiger partial charge in [-0.1, -0.05) is 72.3 Å². The summed E-state index contributed by atoms with van der Waals surface area (Å²) in [7, 11) is 0. The van der Waals surface area contributed by atoms with Crippen molar-refractivity contribution in [3.05, 3.63) is 105 Å². The van der Waals surface area contributed by atoms with Crippen molar-refractivity contribution in [1.29, 1.82) is 0 Å². The van der Waals surface area contributed by atoms with Gasteiger partial charge in [0.05, 0.1) is 6.42 Å². The summed E-state index contributed by atoms with van der Waals surface area (Å²) in [4.78, 5) is 13.1. The highest BCUT2D eigenvalue weighted by atomic mass is 35.5. The summed E-state index contributed by atoms with van der Waals surface area (Å²) in [6, 6.07) is 21.8. The lowest BCUT2D eigenvalue weighted by Gasteiger charge is -2.23. The molecule has 0 fully saturated rings. The van der Waals surface area contributed by atoms with Crippen molar-refractivity contribution in [3.63, 3.8) is 0 Å². The Morgan fingerprint density at radius 3 is 2.40 bits per heavy atom. The van der Waals surface area contributed by atoms with Crippen molar-refractivity contribution < 1.29 is 14.3 Å². The maximum absolute atomic E-state index is 14.6. The summed E-state index contributed by atoms with van der Waals surface area (Å²) in [6.07, 6.45) is 0.802. The number of carboxylic acids is 1. The smallest absolute Gasteiger partial charge is 0.304 e. The van der Waals surface area contributed by atoms with E-state index in [1.54, 1.807) is 19.1 Å². The SMILES string of the molecule is Cc1ccc(Cl)c(CN(CCC(=O)O)Cc2cccc(Cc3ccccc3)c2)c1F. The predicted octanol–water partition coefficient (Wildman–Crippen LogP) is 5.86. The first-order valence-corrected chi connectivity index (χ1v) is 10.3. The normalized spacial score (nSPS) is 11.1. The Bertz CT molecular complexity index is 1010. The zero-order chi connectivity index (χ0) is 21.5. The lowest BCUT2D eigenvalue weighted by Crippen LogP contribution is -2.26. The van der Waals surface area contributed by atoms with Gasteiger partial charge < -0.3 is 5.11 Å². The number of nitrogens with zero attached hydrogens (tertiary/aromatic N) is 1. The molecule has 0 saturated heterocycles. The second kappa shape index (κ2) is 10.4. The van der Waals surface area contributed by atoms with Gasteiger partial charge in [0.15, 0.2) is 0 Å². The number of aliphatic carboxylic acids is 1. The molecule has 0 unspecified atom stereocenters. The number of halogens is 2. The van der Waals surface area contributed by atoms with E-state index in [-0.39, 0.29) is 18.8 Å². The molecule has 0 bridgehead atoms. The molecule has 0 saturated carbocycles. The molecule has 5 heteroatoms. The summed E-state index contributed by atoms with van der Waals surface area (Å²) in [5, 5.41) is 9.49. The number of carboxylic acid groups (broad SMARTS) is 1. The van der Waals surface area contributed by atoms with E-state index in [9.17, 15) is 9.18 Å². The molecule has 0 radical (unpaired) electrons. The number of benzene rings is 3. The van der Waals surface area contributed by atoms with Crippen LogP contribution >= 0.6 is 11.6 Å². The van der Waals surface area contributed by atoms with Gasteiger partial charge >= 0.3 is 5.97 Å². The van der Waals surface area contributed by atoms with E-state index in [1.807, 2.05) is 35.2 Å². The number of hydrogen-bond donors (Lipinski definition) is 1. The second-order valence-corrected chi connectivity index (χ2v) is 7.90. The number of hydrogen-bond acceptors (Lipinski definition) is 2. The minimum atomic E-state index is -0.881. The van der Waals surface area contributed by atoms with Crippen LogP contribution in [0.2, 0.25) is 5.02 Å². The molecule has 3 nitrogen and oxygen atoms in total. The highest BCUT2D eigenvalue weighted by molar-refractivity contribution is 6.31. The monoisotopic (exact) mass is 425 g/mol. The minimum Gasteiger partial charge on any atom is -0.481 e. The Morgan fingerprint density at radius 1 is 0.967 bits per heavy atom. The fraction of sp³-hybridized carbons (Fsp3) is 0.240. The highest BCUT2D eigenvalue weighted by Crippen LogP contribution is 2.24. The van der Waals surface area contributed by atoms with Gasteiger partial charge in [-0.15, -0.1) is 0 Å². The Kier molecular flexibility index (Phi) is 7.61. The van der Waals surface area contributed by atoms with Crippen LogP contribution in [0.4, 0.5) is 4.39 Å². The van der Waals surface area contributed by atoms with Gasteiger partial charge in [-0.2, -0.15) is 0 Å². The molecule has 156 valence electrons. The molecule has 30 heavy (non-hydrogen) atoms. The molecule has 0 amide bonds. The summed E-state index contributed by atoms with van der Waals surface area (Å²) < 4.78 is 14.6. The van der Waals surface area contributed by atoms with E-state index < -0.39 is 5.97 Å². The Morgan fingerprint density at radius 2 is 1.67 bits per heavy atom. The van der Waals surface area contributed by atoms with E-state index in [0.29, 0.717) is 29.2 Å². The van der Waals surface area contributed by atoms with E-state index in [1.165, 1.54) is 11.1 Å². The zero-order valence-electron chi connectivity index (χ0n) is 16.9. The molecule has 0 aromatic heterocycles. The summed E-state index contributed by atoms with van der Waals surface area (Å²) >= 11 is 6.24. The van der Waals surface area contributed by atoms with E-state index in [0.717, 1.165) is 12.0 Å². The van der Waals surface area contributed by atoms with Crippen LogP contribution in [-0.2, 0) is 24.3 Å². The molecular weight excluding hydrogens is 401 g/mol. The summed E-state index contributed by atoms with van der Waals surface area (Å²) in [6.45, 7) is 2.77. The van der Waals surface area contributed by atoms with Gasteiger partial charge in [-0.3, -0.25) is 9.69 Å². The maximum atomic E-state index is 14.6. The standard InChI is InChI=1S/C25H25ClFNO2/c1-18-10-11-23(26)22(25(18)27)17-28(13-12-24(29)30)16-21-9-5-8-20(15-21)14-19-6-3-2-4-7-19/h2-11,15H,12-14,16-17H2,1H3,(H,29,30). The van der Waals surface area contributed by atoms with Crippen LogP contribution < -0.4 is 0 Å². The van der Waals surface area contributed by atoms with Crippen LogP contribution in [0.5, 0.6) is 0 Å². The lowest BCUT2D eigenvalue weighted by atomic mass is 10.0. The summed E-state index contributed by atoms with van der Waals surface area (Å²) in [5.41, 5.74) is 4.39. The van der Waals surface area contributed by atoms with Crippen LogP contribution in [0.25, 0.3) is 0 Å². The van der Waals surface area contributed by atoms with Crippen LogP contribution in [0.15, 0.2) is 66.7 Å². The average molecular weight is 426 g/mol. The van der Waals surface area contributed by atoms with E-state index in [4.69, 9.17) is 16.7 Å². The quantitative estimate of drug-likeness (QED) is 0.467. The van der Waals surface area contributed by atoms with Crippen LogP contribution in [0.3, 0.4) is 0 Å². The molecule has 0 aliphatic rings. The van der Waals surface area contributed by atoms with Gasteiger partial charge in [0.25, 0.3) is 0 Å². The zero-order valence-corrected chi connectivity index (χ0v) is 17.7. The Labute approximate surface area is 181 Å². The molecule has 1 N–H and O–H groups in total. The third kappa shape index (κ3) is 6.15. The van der Waals surface area contributed by atoms with Crippen LogP contribution in [0, 0.1) is 12.7 Å². The number of rotatable bonds is 9. The van der Waals surface area contributed by atoms with Crippen molar-refractivity contribution in [2.45, 2.75) is 32.9 Å². The second-order valence-electron chi connectivity index (χ2n) is 7.49. The Balaban J connectivity index is 1.79. The highest BCUT2D eigenvalue weighted by Gasteiger charge is 2.16. The molecular formula is C25H25ClFNO2. The van der Waals surface area contributed by atoms with Gasteiger partial charge in [-0.05, 0) is 41.7 Å². The fourth-order valence-corrected chi connectivity index (χ4v) is 3.68. The van der Waals surface area contributed by atoms with Gasteiger partial charge in [-0.25, -0.2) is 4.39 Å². The predicted molar refractivity (Wildman–Crippen MR) is 118 cm³/mol. The lowest BCUT2D eigenvalue weighted by molar-refractivity contribution is -0.137. The topological polar surface area (TPSA) is 40.5 Å². The first-order chi connectivity index (χ1) is 14.4. The largest absolute Gasteiger partial charge is 0.481 e. The molecule has 3 aromatic carbocycles. The van der Waals surface area contributed by atoms with Gasteiger partial charge in [0.1, 0.15) is 5.82 Å². The molecule has 0 atom stereocenters. The molecule has 3 aromatic rings. The maximum Gasteiger partial charge on any atom is 0.304 e. The summed E-state index contributed by atoms with van der Waals surface area (Å²) in [5.74, 6) is -1.21. The van der Waals surface area contributed by atoms with Crippen molar-refractivity contribution in [3.8, 4) is 0 Å². The van der Waals surface area contributed by atoms with Gasteiger partial charge in [0, 0.05) is 30.2 Å². The number of aryl methyl sites for hydroxylation is 1.